The fraction of sp³-hybridized carbons (Fsp3) is 0.150. The molecule has 2 aliphatic rings. The van der Waals surface area contributed by atoms with E-state index in [1.165, 1.54) is 0 Å². The van der Waals surface area contributed by atoms with Gasteiger partial charge in [0.05, 0.1) is 9.93 Å². The van der Waals surface area contributed by atoms with Crippen molar-refractivity contribution in [3.8, 4) is 11.5 Å². The van der Waals surface area contributed by atoms with Crippen LogP contribution in [0, 0.1) is 0 Å². The van der Waals surface area contributed by atoms with Gasteiger partial charge in [0, 0.05) is 17.5 Å². The number of thioether (sulfide) groups is 1. The first-order valence-electron chi connectivity index (χ1n) is 8.38. The van der Waals surface area contributed by atoms with Gasteiger partial charge < -0.3 is 4.74 Å². The molecule has 27 heavy (non-hydrogen) atoms. The summed E-state index contributed by atoms with van der Waals surface area (Å²) in [6.07, 6.45) is 3.77. The van der Waals surface area contributed by atoms with Crippen LogP contribution in [-0.2, 0) is 11.2 Å². The molecule has 5 nitrogen and oxygen atoms in total. The molecule has 0 unspecified atom stereocenters. The number of nitrogens with one attached hydrogen (secondary N) is 1. The number of ketones is 1. The number of carbonyl (C=O) groups is 3. The molecule has 7 heteroatoms. The topological polar surface area (TPSA) is 72.5 Å². The number of amides is 2. The lowest BCUT2D eigenvalue weighted by Gasteiger charge is -2.19. The Hall–Kier alpha value is -2.57. The first kappa shape index (κ1) is 17.8. The zero-order valence-corrected chi connectivity index (χ0v) is 15.7. The van der Waals surface area contributed by atoms with Gasteiger partial charge in [-0.3, -0.25) is 19.7 Å². The number of Topliss-reactive ketones (excluding diaryl/α,β-unsaturated/α-hetero) is 1. The summed E-state index contributed by atoms with van der Waals surface area (Å²) in [4.78, 5) is 35.3. The van der Waals surface area contributed by atoms with Gasteiger partial charge in [-0.05, 0) is 54.4 Å². The van der Waals surface area contributed by atoms with E-state index in [4.69, 9.17) is 16.3 Å². The van der Waals surface area contributed by atoms with Gasteiger partial charge in [-0.15, -0.1) is 0 Å². The Kier molecular flexibility index (Phi) is 4.76. The molecule has 2 amide bonds. The van der Waals surface area contributed by atoms with E-state index in [2.05, 4.69) is 5.32 Å². The summed E-state index contributed by atoms with van der Waals surface area (Å²) >= 11 is 7.20. The van der Waals surface area contributed by atoms with Crippen molar-refractivity contribution >= 4 is 46.4 Å². The Balaban J connectivity index is 1.61. The minimum Gasteiger partial charge on any atom is -0.455 e. The third-order valence-corrected chi connectivity index (χ3v) is 5.49. The number of ether oxygens (including phenoxy) is 1. The highest BCUT2D eigenvalue weighted by atomic mass is 35.5. The molecule has 1 heterocycles. The number of fused-ring (bicyclic) bond motifs is 1. The highest BCUT2D eigenvalue weighted by Gasteiger charge is 2.25. The number of benzene rings is 2. The van der Waals surface area contributed by atoms with Gasteiger partial charge >= 0.3 is 0 Å². The van der Waals surface area contributed by atoms with Crippen LogP contribution in [0.5, 0.6) is 11.5 Å². The molecule has 1 fully saturated rings. The number of carbonyl (C=O) groups excluding carboxylic acids is 3. The van der Waals surface area contributed by atoms with Crippen molar-refractivity contribution in [2.45, 2.75) is 19.3 Å². The molecular weight excluding hydrogens is 386 g/mol. The monoisotopic (exact) mass is 399 g/mol. The normalized spacial score (nSPS) is 17.8. The van der Waals surface area contributed by atoms with Gasteiger partial charge in [0.25, 0.3) is 11.1 Å². The van der Waals surface area contributed by atoms with Crippen molar-refractivity contribution in [2.75, 3.05) is 0 Å². The molecule has 136 valence electrons. The van der Waals surface area contributed by atoms with Crippen molar-refractivity contribution in [2.24, 2.45) is 0 Å². The summed E-state index contributed by atoms with van der Waals surface area (Å²) in [5.74, 6) is 0.813. The van der Waals surface area contributed by atoms with Crippen LogP contribution in [0.15, 0.2) is 41.3 Å². The molecule has 0 aromatic heterocycles. The zero-order valence-electron chi connectivity index (χ0n) is 14.1. The lowest BCUT2D eigenvalue weighted by atomic mass is 9.90. The van der Waals surface area contributed by atoms with E-state index in [1.54, 1.807) is 30.3 Å². The molecule has 2 aromatic carbocycles. The fourth-order valence-corrected chi connectivity index (χ4v) is 4.03. The molecule has 0 bridgehead atoms. The smallest absolute Gasteiger partial charge is 0.290 e. The molecule has 1 aliphatic carbocycles. The van der Waals surface area contributed by atoms with Crippen LogP contribution >= 0.6 is 23.4 Å². The first-order chi connectivity index (χ1) is 13.0. The molecule has 0 spiro atoms. The SMILES string of the molecule is O=C1NC(=O)/C(=C\c2ccc(Oc3cccc4c3CCCC4=O)c(Cl)c2)S1. The van der Waals surface area contributed by atoms with E-state index in [0.717, 1.165) is 30.2 Å². The first-order valence-corrected chi connectivity index (χ1v) is 9.58. The number of imide groups is 1. The van der Waals surface area contributed by atoms with E-state index in [-0.39, 0.29) is 11.0 Å². The van der Waals surface area contributed by atoms with Crippen LogP contribution in [0.1, 0.15) is 34.3 Å². The third kappa shape index (κ3) is 3.63. The molecular formula is C20H14ClNO4S. The molecule has 1 saturated heterocycles. The van der Waals surface area contributed by atoms with Gasteiger partial charge in [0.1, 0.15) is 11.5 Å². The summed E-state index contributed by atoms with van der Waals surface area (Å²) in [6, 6.07) is 10.6. The molecule has 1 aliphatic heterocycles. The number of hydrogen-bond donors (Lipinski definition) is 1. The van der Waals surface area contributed by atoms with Crippen LogP contribution in [0.25, 0.3) is 6.08 Å². The Bertz CT molecular complexity index is 1020. The van der Waals surface area contributed by atoms with E-state index >= 15 is 0 Å². The maximum absolute atomic E-state index is 12.1. The Morgan fingerprint density at radius 1 is 1.07 bits per heavy atom. The van der Waals surface area contributed by atoms with Crippen molar-refractivity contribution in [3.05, 3.63) is 63.0 Å². The van der Waals surface area contributed by atoms with E-state index in [0.29, 0.717) is 39.0 Å². The quantitative estimate of drug-likeness (QED) is 0.737. The van der Waals surface area contributed by atoms with Crippen LogP contribution in [0.4, 0.5) is 4.79 Å². The lowest BCUT2D eigenvalue weighted by molar-refractivity contribution is -0.115. The maximum Gasteiger partial charge on any atom is 0.290 e. The maximum atomic E-state index is 12.1. The molecule has 2 aromatic rings. The van der Waals surface area contributed by atoms with Crippen LogP contribution in [0.2, 0.25) is 5.02 Å². The van der Waals surface area contributed by atoms with E-state index in [1.807, 2.05) is 12.1 Å². The van der Waals surface area contributed by atoms with Gasteiger partial charge in [-0.25, -0.2) is 0 Å². The van der Waals surface area contributed by atoms with Gasteiger partial charge in [-0.2, -0.15) is 0 Å². The Morgan fingerprint density at radius 2 is 1.93 bits per heavy atom. The van der Waals surface area contributed by atoms with Crippen molar-refractivity contribution in [1.82, 2.24) is 5.32 Å². The van der Waals surface area contributed by atoms with E-state index in [9.17, 15) is 14.4 Å². The summed E-state index contributed by atoms with van der Waals surface area (Å²) in [7, 11) is 0. The summed E-state index contributed by atoms with van der Waals surface area (Å²) < 4.78 is 5.98. The second kappa shape index (κ2) is 7.21. The fourth-order valence-electron chi connectivity index (χ4n) is 3.12. The second-order valence-corrected chi connectivity index (χ2v) is 7.63. The predicted octanol–water partition coefficient (Wildman–Crippen LogP) is 4.98. The Morgan fingerprint density at radius 3 is 2.67 bits per heavy atom. The van der Waals surface area contributed by atoms with Crippen molar-refractivity contribution in [1.29, 1.82) is 0 Å². The van der Waals surface area contributed by atoms with Gasteiger partial charge in [0.15, 0.2) is 5.78 Å². The molecule has 1 N–H and O–H groups in total. The van der Waals surface area contributed by atoms with Gasteiger partial charge in [-0.1, -0.05) is 29.8 Å². The van der Waals surface area contributed by atoms with E-state index < -0.39 is 5.91 Å². The third-order valence-electron chi connectivity index (χ3n) is 4.38. The summed E-state index contributed by atoms with van der Waals surface area (Å²) in [6.45, 7) is 0. The summed E-state index contributed by atoms with van der Waals surface area (Å²) in [5.41, 5.74) is 2.31. The standard InChI is InChI=1S/C20H14ClNO4S/c21-14-9-11(10-18-19(24)22-20(25)27-18)7-8-17(14)26-16-6-2-3-12-13(16)4-1-5-15(12)23/h2-3,6-10H,1,4-5H2,(H,22,24,25)/b18-10+. The van der Waals surface area contributed by atoms with Crippen molar-refractivity contribution < 1.29 is 19.1 Å². The van der Waals surface area contributed by atoms with Crippen LogP contribution < -0.4 is 10.1 Å². The largest absolute Gasteiger partial charge is 0.455 e. The average Bonchev–Trinajstić information content (AvgIpc) is 2.95. The molecule has 0 radical (unpaired) electrons. The molecule has 0 saturated carbocycles. The minimum absolute atomic E-state index is 0.136. The predicted molar refractivity (Wildman–Crippen MR) is 104 cm³/mol. The number of hydrogen-bond acceptors (Lipinski definition) is 5. The van der Waals surface area contributed by atoms with Crippen molar-refractivity contribution in [3.63, 3.8) is 0 Å². The zero-order chi connectivity index (χ0) is 19.0. The average molecular weight is 400 g/mol. The highest BCUT2D eigenvalue weighted by Crippen LogP contribution is 2.36. The summed E-state index contributed by atoms with van der Waals surface area (Å²) in [5, 5.41) is 2.20. The minimum atomic E-state index is -0.415. The number of halogens is 1. The van der Waals surface area contributed by atoms with Crippen LogP contribution in [-0.4, -0.2) is 16.9 Å². The van der Waals surface area contributed by atoms with Crippen LogP contribution in [0.3, 0.4) is 0 Å². The number of rotatable bonds is 3. The molecule has 4 rings (SSSR count). The Labute approximate surface area is 164 Å². The van der Waals surface area contributed by atoms with Gasteiger partial charge in [0.2, 0.25) is 0 Å². The lowest BCUT2D eigenvalue weighted by Crippen LogP contribution is -2.17. The molecule has 0 atom stereocenters. The second-order valence-electron chi connectivity index (χ2n) is 6.20. The highest BCUT2D eigenvalue weighted by molar-refractivity contribution is 8.18.